The number of nitrogens with two attached hydrogens (primary N) is 1. The Labute approximate surface area is 118 Å². The number of likely N-dealkylation sites (tertiary alicyclic amines) is 1. The Balaban J connectivity index is 1.99. The summed E-state index contributed by atoms with van der Waals surface area (Å²) in [7, 11) is 0. The molecule has 0 aromatic heterocycles. The lowest BCUT2D eigenvalue weighted by atomic mass is 9.88. The van der Waals surface area contributed by atoms with Crippen LogP contribution >= 0.6 is 0 Å². The monoisotopic (exact) mass is 260 g/mol. The van der Waals surface area contributed by atoms with Crippen molar-refractivity contribution in [2.45, 2.75) is 40.2 Å². The summed E-state index contributed by atoms with van der Waals surface area (Å²) in [6.45, 7) is 12.4. The minimum Gasteiger partial charge on any atom is -0.323 e. The first-order valence-corrected chi connectivity index (χ1v) is 7.52. The third-order valence-corrected chi connectivity index (χ3v) is 4.55. The molecule has 0 spiro atoms. The van der Waals surface area contributed by atoms with Gasteiger partial charge in [-0.05, 0) is 44.2 Å². The van der Waals surface area contributed by atoms with Gasteiger partial charge in [0.1, 0.15) is 0 Å². The normalized spacial score (nSPS) is 26.4. The Kier molecular flexibility index (Phi) is 4.64. The van der Waals surface area contributed by atoms with Crippen LogP contribution in [0.4, 0.5) is 0 Å². The van der Waals surface area contributed by atoms with Crippen LogP contribution in [-0.4, -0.2) is 24.5 Å². The number of benzene rings is 1. The molecule has 2 heteroatoms. The number of nitrogens with zero attached hydrogens (tertiary/aromatic N) is 1. The van der Waals surface area contributed by atoms with Crippen molar-refractivity contribution < 1.29 is 0 Å². The van der Waals surface area contributed by atoms with Gasteiger partial charge >= 0.3 is 0 Å². The number of piperidine rings is 1. The molecule has 0 radical (unpaired) electrons. The largest absolute Gasteiger partial charge is 0.323 e. The summed E-state index contributed by atoms with van der Waals surface area (Å²) >= 11 is 0. The van der Waals surface area contributed by atoms with Crippen molar-refractivity contribution in [3.05, 3.63) is 34.9 Å². The van der Waals surface area contributed by atoms with Gasteiger partial charge in [-0.3, -0.25) is 0 Å². The molecule has 0 amide bonds. The Morgan fingerprint density at radius 1 is 1.16 bits per heavy atom. The molecular weight excluding hydrogens is 232 g/mol. The maximum absolute atomic E-state index is 6.40. The van der Waals surface area contributed by atoms with Gasteiger partial charge in [-0.25, -0.2) is 0 Å². The second-order valence-electron chi connectivity index (χ2n) is 6.53. The molecule has 0 bridgehead atoms. The third kappa shape index (κ3) is 3.80. The topological polar surface area (TPSA) is 29.3 Å². The van der Waals surface area contributed by atoms with Gasteiger partial charge in [-0.15, -0.1) is 0 Å². The minimum atomic E-state index is 0.138. The molecule has 0 saturated carbocycles. The van der Waals surface area contributed by atoms with Crippen molar-refractivity contribution in [1.82, 2.24) is 4.90 Å². The highest BCUT2D eigenvalue weighted by atomic mass is 15.1. The molecule has 1 aromatic carbocycles. The predicted octanol–water partition coefficient (Wildman–Crippen LogP) is 3.28. The summed E-state index contributed by atoms with van der Waals surface area (Å²) in [5.41, 5.74) is 10.3. The van der Waals surface area contributed by atoms with E-state index in [1.807, 2.05) is 0 Å². The molecule has 1 heterocycles. The maximum Gasteiger partial charge on any atom is 0.0424 e. The summed E-state index contributed by atoms with van der Waals surface area (Å²) in [5.74, 6) is 1.65. The van der Waals surface area contributed by atoms with Crippen molar-refractivity contribution in [2.24, 2.45) is 17.6 Å². The quantitative estimate of drug-likeness (QED) is 0.903. The Morgan fingerprint density at radius 3 is 2.37 bits per heavy atom. The summed E-state index contributed by atoms with van der Waals surface area (Å²) < 4.78 is 0. The van der Waals surface area contributed by atoms with E-state index < -0.39 is 0 Å². The van der Waals surface area contributed by atoms with Gasteiger partial charge in [0.2, 0.25) is 0 Å². The predicted molar refractivity (Wildman–Crippen MR) is 82.2 cm³/mol. The van der Waals surface area contributed by atoms with Crippen LogP contribution in [0.3, 0.4) is 0 Å². The highest BCUT2D eigenvalue weighted by Crippen LogP contribution is 2.24. The molecule has 19 heavy (non-hydrogen) atoms. The average molecular weight is 260 g/mol. The van der Waals surface area contributed by atoms with Crippen molar-refractivity contribution in [2.75, 3.05) is 19.6 Å². The summed E-state index contributed by atoms with van der Waals surface area (Å²) in [6.07, 6.45) is 1.31. The van der Waals surface area contributed by atoms with Crippen LogP contribution in [0.5, 0.6) is 0 Å². The second kappa shape index (κ2) is 6.06. The molecule has 3 atom stereocenters. The van der Waals surface area contributed by atoms with E-state index in [4.69, 9.17) is 5.73 Å². The van der Waals surface area contributed by atoms with E-state index in [2.05, 4.69) is 50.8 Å². The summed E-state index contributed by atoms with van der Waals surface area (Å²) in [6, 6.07) is 6.81. The molecule has 1 aromatic rings. The van der Waals surface area contributed by atoms with E-state index in [0.29, 0.717) is 0 Å². The Morgan fingerprint density at radius 2 is 1.79 bits per heavy atom. The lowest BCUT2D eigenvalue weighted by molar-refractivity contribution is 0.132. The zero-order valence-corrected chi connectivity index (χ0v) is 12.8. The molecule has 2 N–H and O–H groups in total. The Bertz CT molecular complexity index is 407. The van der Waals surface area contributed by atoms with E-state index in [1.165, 1.54) is 36.2 Å². The van der Waals surface area contributed by atoms with Crippen LogP contribution in [0.1, 0.15) is 43.0 Å². The van der Waals surface area contributed by atoms with Gasteiger partial charge in [-0.2, -0.15) is 0 Å². The molecule has 0 aliphatic carbocycles. The van der Waals surface area contributed by atoms with Gasteiger partial charge in [-0.1, -0.05) is 43.2 Å². The fourth-order valence-corrected chi connectivity index (χ4v) is 3.12. The lowest BCUT2D eigenvalue weighted by Gasteiger charge is -2.36. The van der Waals surface area contributed by atoms with E-state index in [0.717, 1.165) is 18.4 Å². The fraction of sp³-hybridized carbons (Fsp3) is 0.647. The first-order valence-electron chi connectivity index (χ1n) is 7.52. The van der Waals surface area contributed by atoms with Crippen molar-refractivity contribution >= 4 is 0 Å². The molecule has 3 unspecified atom stereocenters. The van der Waals surface area contributed by atoms with Crippen molar-refractivity contribution in [3.63, 3.8) is 0 Å². The van der Waals surface area contributed by atoms with E-state index in [9.17, 15) is 0 Å². The van der Waals surface area contributed by atoms with Crippen LogP contribution in [-0.2, 0) is 0 Å². The van der Waals surface area contributed by atoms with Gasteiger partial charge in [0.15, 0.2) is 0 Å². The van der Waals surface area contributed by atoms with Crippen LogP contribution in [0.15, 0.2) is 18.2 Å². The molecule has 1 aliphatic heterocycles. The lowest BCUT2D eigenvalue weighted by Crippen LogP contribution is -2.41. The van der Waals surface area contributed by atoms with Crippen molar-refractivity contribution in [1.29, 1.82) is 0 Å². The van der Waals surface area contributed by atoms with Gasteiger partial charge < -0.3 is 10.6 Å². The number of hydrogen-bond acceptors (Lipinski definition) is 2. The van der Waals surface area contributed by atoms with Crippen LogP contribution in [0, 0.1) is 25.7 Å². The smallest absolute Gasteiger partial charge is 0.0424 e. The summed E-state index contributed by atoms with van der Waals surface area (Å²) in [5, 5.41) is 0. The first-order chi connectivity index (χ1) is 8.95. The van der Waals surface area contributed by atoms with Crippen molar-refractivity contribution in [3.8, 4) is 0 Å². The number of rotatable bonds is 3. The highest BCUT2D eigenvalue weighted by molar-refractivity contribution is 5.30. The summed E-state index contributed by atoms with van der Waals surface area (Å²) in [4.78, 5) is 2.53. The van der Waals surface area contributed by atoms with Gasteiger partial charge in [0.05, 0.1) is 0 Å². The SMILES string of the molecule is Cc1cc(C)cc(C(N)CN2CCC(C)C(C)C2)c1. The zero-order valence-electron chi connectivity index (χ0n) is 12.8. The van der Waals surface area contributed by atoms with E-state index in [-0.39, 0.29) is 6.04 Å². The average Bonchev–Trinajstić information content (AvgIpc) is 2.32. The number of hydrogen-bond donors (Lipinski definition) is 1. The van der Waals surface area contributed by atoms with E-state index in [1.54, 1.807) is 0 Å². The number of aryl methyl sites for hydroxylation is 2. The first kappa shape index (κ1) is 14.5. The molecule has 106 valence electrons. The molecular formula is C17H28N2. The van der Waals surface area contributed by atoms with Gasteiger partial charge in [0.25, 0.3) is 0 Å². The van der Waals surface area contributed by atoms with Crippen LogP contribution in [0.25, 0.3) is 0 Å². The van der Waals surface area contributed by atoms with Crippen LogP contribution < -0.4 is 5.73 Å². The molecule has 1 saturated heterocycles. The van der Waals surface area contributed by atoms with Crippen LogP contribution in [0.2, 0.25) is 0 Å². The fourth-order valence-electron chi connectivity index (χ4n) is 3.12. The zero-order chi connectivity index (χ0) is 14.0. The Hall–Kier alpha value is -0.860. The van der Waals surface area contributed by atoms with Gasteiger partial charge in [0, 0.05) is 19.1 Å². The molecule has 2 rings (SSSR count). The minimum absolute atomic E-state index is 0.138. The molecule has 1 fully saturated rings. The third-order valence-electron chi connectivity index (χ3n) is 4.55. The highest BCUT2D eigenvalue weighted by Gasteiger charge is 2.24. The molecule has 1 aliphatic rings. The molecule has 2 nitrogen and oxygen atoms in total. The standard InChI is InChI=1S/C17H28N2/c1-12-7-13(2)9-16(8-12)17(18)11-19-6-5-14(3)15(4)10-19/h7-9,14-15,17H,5-6,10-11,18H2,1-4H3. The maximum atomic E-state index is 6.40. The second-order valence-corrected chi connectivity index (χ2v) is 6.53. The van der Waals surface area contributed by atoms with E-state index >= 15 is 0 Å².